The lowest BCUT2D eigenvalue weighted by Gasteiger charge is -2.33. The molecule has 0 radical (unpaired) electrons. The summed E-state index contributed by atoms with van der Waals surface area (Å²) >= 11 is 0. The van der Waals surface area contributed by atoms with Crippen LogP contribution in [0.4, 0.5) is 4.79 Å². The number of ether oxygens (including phenoxy) is 2. The lowest BCUT2D eigenvalue weighted by atomic mass is 10.1. The summed E-state index contributed by atoms with van der Waals surface area (Å²) in [5.41, 5.74) is -1.75. The van der Waals surface area contributed by atoms with Crippen molar-refractivity contribution >= 4 is 18.0 Å². The van der Waals surface area contributed by atoms with Crippen molar-refractivity contribution in [1.29, 1.82) is 0 Å². The number of aliphatic hydroxyl groups is 1. The van der Waals surface area contributed by atoms with Gasteiger partial charge >= 0.3 is 12.1 Å². The molecule has 4 N–H and O–H groups in total. The summed E-state index contributed by atoms with van der Waals surface area (Å²) < 4.78 is 11.1. The summed E-state index contributed by atoms with van der Waals surface area (Å²) in [6.07, 6.45) is 3.69. The number of rotatable bonds is 13. The fraction of sp³-hybridized carbons (Fsp3) is 0.640. The maximum absolute atomic E-state index is 13.1. The molecule has 5 atom stereocenters. The quantitative estimate of drug-likeness (QED) is 0.226. The molecule has 1 heterocycles. The molecule has 2 rings (SSSR count). The Bertz CT molecular complexity index is 837. The van der Waals surface area contributed by atoms with Gasteiger partial charge in [-0.1, -0.05) is 18.7 Å². The second-order valence-electron chi connectivity index (χ2n) is 10.1. The zero-order valence-corrected chi connectivity index (χ0v) is 20.9. The van der Waals surface area contributed by atoms with Crippen LogP contribution in [0.3, 0.4) is 0 Å². The lowest BCUT2D eigenvalue weighted by Crippen LogP contribution is -2.53. The van der Waals surface area contributed by atoms with E-state index in [9.17, 15) is 24.6 Å². The second kappa shape index (κ2) is 11.7. The highest BCUT2D eigenvalue weighted by Gasteiger charge is 2.61. The van der Waals surface area contributed by atoms with Crippen molar-refractivity contribution in [2.24, 2.45) is 5.92 Å². The number of allylic oxidation sites excluding steroid dienone is 1. The van der Waals surface area contributed by atoms with Crippen LogP contribution in [-0.4, -0.2) is 82.2 Å². The summed E-state index contributed by atoms with van der Waals surface area (Å²) in [5, 5.41) is 25.3. The molecule has 2 aliphatic rings. The van der Waals surface area contributed by atoms with E-state index < -0.39 is 47.3 Å². The topological polar surface area (TPSA) is 137 Å². The van der Waals surface area contributed by atoms with Crippen molar-refractivity contribution in [2.75, 3.05) is 19.8 Å². The number of likely N-dealkylation sites (tertiary alicyclic amines) is 1. The van der Waals surface area contributed by atoms with Crippen molar-refractivity contribution in [3.63, 3.8) is 0 Å². The van der Waals surface area contributed by atoms with E-state index >= 15 is 0 Å². The molecule has 1 aliphatic heterocycles. The minimum Gasteiger partial charge on any atom is -0.479 e. The first-order chi connectivity index (χ1) is 16.3. The average molecular weight is 494 g/mol. The molecule has 1 saturated heterocycles. The third kappa shape index (κ3) is 7.57. The van der Waals surface area contributed by atoms with Gasteiger partial charge in [-0.15, -0.1) is 13.2 Å². The van der Waals surface area contributed by atoms with Crippen LogP contribution in [0.1, 0.15) is 46.5 Å². The van der Waals surface area contributed by atoms with Crippen molar-refractivity contribution in [1.82, 2.24) is 15.5 Å². The SMILES string of the molecule is C=CCCCOC[C@H](NC(=O)OC(C)(C)C)C(=C)N1C[C@H](O)C[C@H]1C(=O)N[C@]1(C(=O)O)C[C@H]1C=C. The molecule has 196 valence electrons. The van der Waals surface area contributed by atoms with E-state index in [0.717, 1.165) is 12.8 Å². The number of hydrogen-bond donors (Lipinski definition) is 4. The third-order valence-corrected chi connectivity index (χ3v) is 6.05. The number of carboxylic acid groups (broad SMARTS) is 1. The number of nitrogens with one attached hydrogen (secondary N) is 2. The smallest absolute Gasteiger partial charge is 0.408 e. The molecule has 2 amide bonds. The predicted molar refractivity (Wildman–Crippen MR) is 130 cm³/mol. The van der Waals surface area contributed by atoms with E-state index in [0.29, 0.717) is 12.3 Å². The Morgan fingerprint density at radius 3 is 2.51 bits per heavy atom. The van der Waals surface area contributed by atoms with Gasteiger partial charge in [-0.05, 0) is 40.0 Å². The number of carbonyl (C=O) groups excluding carboxylic acids is 2. The minimum atomic E-state index is -1.39. The van der Waals surface area contributed by atoms with Gasteiger partial charge in [0, 0.05) is 31.2 Å². The summed E-state index contributed by atoms with van der Waals surface area (Å²) in [7, 11) is 0. The fourth-order valence-corrected chi connectivity index (χ4v) is 4.10. The summed E-state index contributed by atoms with van der Waals surface area (Å²) in [6.45, 7) is 17.2. The number of aliphatic hydroxyl groups excluding tert-OH is 1. The van der Waals surface area contributed by atoms with E-state index in [1.165, 1.54) is 6.08 Å². The van der Waals surface area contributed by atoms with E-state index in [-0.39, 0.29) is 31.9 Å². The monoisotopic (exact) mass is 493 g/mol. The molecule has 0 bridgehead atoms. The van der Waals surface area contributed by atoms with Crippen LogP contribution in [0.15, 0.2) is 37.6 Å². The molecule has 10 heteroatoms. The molecule has 0 aromatic carbocycles. The van der Waals surface area contributed by atoms with Gasteiger partial charge in [0.15, 0.2) is 0 Å². The number of hydrogen-bond acceptors (Lipinski definition) is 7. The van der Waals surface area contributed by atoms with Gasteiger partial charge in [0.1, 0.15) is 17.2 Å². The van der Waals surface area contributed by atoms with Gasteiger partial charge in [0.05, 0.1) is 18.8 Å². The Kier molecular flexibility index (Phi) is 9.51. The van der Waals surface area contributed by atoms with Crippen molar-refractivity contribution < 1.29 is 34.1 Å². The number of β-amino-alcohol motifs (C(OH)–C–C–N with tert-alkyl or cyclic N) is 1. The molecule has 0 aromatic heterocycles. The number of aliphatic carboxylic acids is 1. The third-order valence-electron chi connectivity index (χ3n) is 6.05. The first-order valence-corrected chi connectivity index (χ1v) is 11.8. The highest BCUT2D eigenvalue weighted by molar-refractivity contribution is 5.93. The zero-order chi connectivity index (χ0) is 26.4. The van der Waals surface area contributed by atoms with Crippen LogP contribution in [0.5, 0.6) is 0 Å². The molecule has 1 aliphatic carbocycles. The first kappa shape index (κ1) is 28.4. The van der Waals surface area contributed by atoms with Gasteiger partial charge in [0.25, 0.3) is 0 Å². The Morgan fingerprint density at radius 1 is 1.29 bits per heavy atom. The van der Waals surface area contributed by atoms with Gasteiger partial charge < -0.3 is 35.2 Å². The number of carbonyl (C=O) groups is 3. The van der Waals surface area contributed by atoms with Crippen LogP contribution in [-0.2, 0) is 19.1 Å². The highest BCUT2D eigenvalue weighted by atomic mass is 16.6. The number of nitrogens with zero attached hydrogens (tertiary/aromatic N) is 1. The Balaban J connectivity index is 2.15. The summed E-state index contributed by atoms with van der Waals surface area (Å²) in [4.78, 5) is 39.0. The zero-order valence-electron chi connectivity index (χ0n) is 20.9. The maximum Gasteiger partial charge on any atom is 0.408 e. The Labute approximate surface area is 207 Å². The van der Waals surface area contributed by atoms with Crippen LogP contribution in [0, 0.1) is 5.92 Å². The molecule has 0 unspecified atom stereocenters. The maximum atomic E-state index is 13.1. The molecule has 10 nitrogen and oxygen atoms in total. The number of unbranched alkanes of at least 4 members (excludes halogenated alkanes) is 1. The Morgan fingerprint density at radius 2 is 1.97 bits per heavy atom. The highest BCUT2D eigenvalue weighted by Crippen LogP contribution is 2.45. The molecule has 2 fully saturated rings. The van der Waals surface area contributed by atoms with Crippen molar-refractivity contribution in [3.05, 3.63) is 37.6 Å². The van der Waals surface area contributed by atoms with Gasteiger partial charge in [0.2, 0.25) is 5.91 Å². The molecule has 35 heavy (non-hydrogen) atoms. The number of carboxylic acids is 1. The average Bonchev–Trinajstić information content (AvgIpc) is 3.34. The van der Waals surface area contributed by atoms with Gasteiger partial charge in [-0.25, -0.2) is 9.59 Å². The predicted octanol–water partition coefficient (Wildman–Crippen LogP) is 1.96. The number of amides is 2. The van der Waals surface area contributed by atoms with Crippen LogP contribution in [0.25, 0.3) is 0 Å². The first-order valence-electron chi connectivity index (χ1n) is 11.8. The van der Waals surface area contributed by atoms with Crippen molar-refractivity contribution in [2.45, 2.75) is 75.8 Å². The Hall–Kier alpha value is -2.85. The van der Waals surface area contributed by atoms with E-state index in [2.05, 4.69) is 30.4 Å². The van der Waals surface area contributed by atoms with Crippen LogP contribution < -0.4 is 10.6 Å². The fourth-order valence-electron chi connectivity index (χ4n) is 4.10. The van der Waals surface area contributed by atoms with Gasteiger partial charge in [-0.3, -0.25) is 4.79 Å². The van der Waals surface area contributed by atoms with E-state index in [4.69, 9.17) is 9.47 Å². The lowest BCUT2D eigenvalue weighted by molar-refractivity contribution is -0.144. The van der Waals surface area contributed by atoms with E-state index in [1.807, 2.05) is 0 Å². The van der Waals surface area contributed by atoms with Gasteiger partial charge in [-0.2, -0.15) is 0 Å². The normalized spacial score (nSPS) is 26.4. The van der Waals surface area contributed by atoms with Crippen LogP contribution in [0.2, 0.25) is 0 Å². The van der Waals surface area contributed by atoms with Crippen LogP contribution >= 0.6 is 0 Å². The number of alkyl carbamates (subject to hydrolysis) is 1. The largest absolute Gasteiger partial charge is 0.479 e. The molecule has 0 spiro atoms. The molecule has 0 aromatic rings. The standard InChI is InChI=1S/C25H39N3O7/c1-7-9-10-11-34-15-19(26-23(33)35-24(4,5)6)16(3)28-14-18(29)12-20(28)21(30)27-25(22(31)32)13-17(25)8-2/h7-8,17-20,29H,1-3,9-15H2,4-6H3,(H,26,33)(H,27,30)(H,31,32)/t17-,18-,19+,20+,25-/m1/s1. The second-order valence-corrected chi connectivity index (χ2v) is 10.1. The molecular formula is C25H39N3O7. The molecule has 1 saturated carbocycles. The van der Waals surface area contributed by atoms with Crippen molar-refractivity contribution in [3.8, 4) is 0 Å². The van der Waals surface area contributed by atoms with E-state index in [1.54, 1.807) is 31.7 Å². The molecular weight excluding hydrogens is 454 g/mol. The minimum absolute atomic E-state index is 0.0771. The summed E-state index contributed by atoms with van der Waals surface area (Å²) in [5.74, 6) is -2.02. The summed E-state index contributed by atoms with van der Waals surface area (Å²) in [6, 6.07) is -1.59.